The molecule has 1 aliphatic rings. The van der Waals surface area contributed by atoms with Gasteiger partial charge >= 0.3 is 0 Å². The summed E-state index contributed by atoms with van der Waals surface area (Å²) in [5.41, 5.74) is 7.03. The molecule has 1 atom stereocenters. The molecule has 0 bridgehead atoms. The summed E-state index contributed by atoms with van der Waals surface area (Å²) in [6, 6.07) is 3.11. The molecular formula is C11H18N2O. The Morgan fingerprint density at radius 1 is 1.64 bits per heavy atom. The third kappa shape index (κ3) is 1.83. The van der Waals surface area contributed by atoms with Crippen LogP contribution in [-0.4, -0.2) is 24.0 Å². The molecular weight excluding hydrogens is 176 g/mol. The molecule has 0 spiro atoms. The lowest BCUT2D eigenvalue weighted by atomic mass is 10.1. The third-order valence-electron chi connectivity index (χ3n) is 2.93. The summed E-state index contributed by atoms with van der Waals surface area (Å²) < 4.78 is 5.11. The van der Waals surface area contributed by atoms with Crippen LogP contribution in [0.4, 0.5) is 0 Å². The standard InChI is InChI=1S/C11H18N2O/c1-2-13(10-3-4-10)11(7-12)9-5-6-14-8-9/h5-6,8,10-11H,2-4,7,12H2,1H3. The summed E-state index contributed by atoms with van der Waals surface area (Å²) in [7, 11) is 0. The zero-order valence-corrected chi connectivity index (χ0v) is 8.65. The predicted octanol–water partition coefficient (Wildman–Crippen LogP) is 1.76. The Balaban J connectivity index is 2.10. The van der Waals surface area contributed by atoms with Crippen LogP contribution in [0.3, 0.4) is 0 Å². The van der Waals surface area contributed by atoms with Gasteiger partial charge in [0, 0.05) is 18.2 Å². The topological polar surface area (TPSA) is 42.4 Å². The lowest BCUT2D eigenvalue weighted by Gasteiger charge is -2.28. The molecule has 0 radical (unpaired) electrons. The van der Waals surface area contributed by atoms with Crippen LogP contribution in [-0.2, 0) is 0 Å². The van der Waals surface area contributed by atoms with E-state index in [1.54, 1.807) is 6.26 Å². The first-order valence-corrected chi connectivity index (χ1v) is 5.34. The summed E-state index contributed by atoms with van der Waals surface area (Å²) >= 11 is 0. The van der Waals surface area contributed by atoms with Crippen molar-refractivity contribution in [3.8, 4) is 0 Å². The number of hydrogen-bond donors (Lipinski definition) is 1. The summed E-state index contributed by atoms with van der Waals surface area (Å²) in [5, 5.41) is 0. The van der Waals surface area contributed by atoms with Gasteiger partial charge in [0.05, 0.1) is 18.6 Å². The maximum atomic E-state index is 5.82. The maximum Gasteiger partial charge on any atom is 0.0950 e. The largest absolute Gasteiger partial charge is 0.472 e. The van der Waals surface area contributed by atoms with Crippen molar-refractivity contribution in [1.82, 2.24) is 4.90 Å². The highest BCUT2D eigenvalue weighted by Crippen LogP contribution is 2.33. The molecule has 2 rings (SSSR count). The van der Waals surface area contributed by atoms with E-state index in [0.717, 1.165) is 12.6 Å². The summed E-state index contributed by atoms with van der Waals surface area (Å²) in [4.78, 5) is 2.48. The molecule has 1 fully saturated rings. The van der Waals surface area contributed by atoms with E-state index in [1.165, 1.54) is 18.4 Å². The van der Waals surface area contributed by atoms with Crippen molar-refractivity contribution < 1.29 is 4.42 Å². The first-order valence-electron chi connectivity index (χ1n) is 5.34. The van der Waals surface area contributed by atoms with Gasteiger partial charge in [-0.25, -0.2) is 0 Å². The molecule has 1 aliphatic carbocycles. The molecule has 1 aromatic rings. The zero-order valence-electron chi connectivity index (χ0n) is 8.65. The second-order valence-corrected chi connectivity index (χ2v) is 3.87. The second kappa shape index (κ2) is 4.15. The van der Waals surface area contributed by atoms with E-state index in [9.17, 15) is 0 Å². The van der Waals surface area contributed by atoms with E-state index in [2.05, 4.69) is 11.8 Å². The van der Waals surface area contributed by atoms with E-state index in [-0.39, 0.29) is 0 Å². The summed E-state index contributed by atoms with van der Waals surface area (Å²) in [6.07, 6.45) is 6.17. The van der Waals surface area contributed by atoms with Crippen molar-refractivity contribution in [1.29, 1.82) is 0 Å². The lowest BCUT2D eigenvalue weighted by Crippen LogP contribution is -2.35. The van der Waals surface area contributed by atoms with E-state index >= 15 is 0 Å². The normalized spacial score (nSPS) is 18.8. The summed E-state index contributed by atoms with van der Waals surface area (Å²) in [6.45, 7) is 3.93. The smallest absolute Gasteiger partial charge is 0.0950 e. The Hall–Kier alpha value is -0.800. The highest BCUT2D eigenvalue weighted by atomic mass is 16.3. The number of likely N-dealkylation sites (N-methyl/N-ethyl adjacent to an activating group) is 1. The number of rotatable bonds is 5. The fraction of sp³-hybridized carbons (Fsp3) is 0.636. The highest BCUT2D eigenvalue weighted by molar-refractivity contribution is 5.13. The molecule has 0 saturated heterocycles. The average molecular weight is 194 g/mol. The molecule has 78 valence electrons. The predicted molar refractivity (Wildman–Crippen MR) is 55.9 cm³/mol. The number of furan rings is 1. The minimum absolute atomic E-state index is 0.339. The number of nitrogens with zero attached hydrogens (tertiary/aromatic N) is 1. The fourth-order valence-corrected chi connectivity index (χ4v) is 2.07. The van der Waals surface area contributed by atoms with Crippen molar-refractivity contribution >= 4 is 0 Å². The summed E-state index contributed by atoms with van der Waals surface area (Å²) in [5.74, 6) is 0. The van der Waals surface area contributed by atoms with Crippen molar-refractivity contribution in [2.75, 3.05) is 13.1 Å². The minimum Gasteiger partial charge on any atom is -0.472 e. The molecule has 0 aromatic carbocycles. The Labute approximate surface area is 84.9 Å². The third-order valence-corrected chi connectivity index (χ3v) is 2.93. The monoisotopic (exact) mass is 194 g/mol. The average Bonchev–Trinajstić information content (AvgIpc) is 2.90. The van der Waals surface area contributed by atoms with Gasteiger partial charge in [0.1, 0.15) is 0 Å². The molecule has 14 heavy (non-hydrogen) atoms. The van der Waals surface area contributed by atoms with Crippen LogP contribution in [0.5, 0.6) is 0 Å². The van der Waals surface area contributed by atoms with Crippen LogP contribution >= 0.6 is 0 Å². The Kier molecular flexibility index (Phi) is 2.89. The molecule has 1 unspecified atom stereocenters. The van der Waals surface area contributed by atoms with Gasteiger partial charge in [0.2, 0.25) is 0 Å². The van der Waals surface area contributed by atoms with E-state index < -0.39 is 0 Å². The zero-order chi connectivity index (χ0) is 9.97. The maximum absolute atomic E-state index is 5.82. The van der Waals surface area contributed by atoms with Crippen LogP contribution in [0.25, 0.3) is 0 Å². The van der Waals surface area contributed by atoms with E-state index in [4.69, 9.17) is 10.2 Å². The molecule has 0 aliphatic heterocycles. The van der Waals surface area contributed by atoms with Crippen molar-refractivity contribution in [3.63, 3.8) is 0 Å². The Morgan fingerprint density at radius 3 is 2.86 bits per heavy atom. The van der Waals surface area contributed by atoms with Crippen LogP contribution < -0.4 is 5.73 Å². The van der Waals surface area contributed by atoms with Gasteiger partial charge in [0.25, 0.3) is 0 Å². The molecule has 2 N–H and O–H groups in total. The molecule has 1 saturated carbocycles. The highest BCUT2D eigenvalue weighted by Gasteiger charge is 2.33. The molecule has 1 aromatic heterocycles. The van der Waals surface area contributed by atoms with Crippen molar-refractivity contribution in [2.24, 2.45) is 5.73 Å². The van der Waals surface area contributed by atoms with Gasteiger partial charge in [-0.15, -0.1) is 0 Å². The number of hydrogen-bond acceptors (Lipinski definition) is 3. The first-order chi connectivity index (χ1) is 6.86. The Bertz CT molecular complexity index is 267. The van der Waals surface area contributed by atoms with Gasteiger partial charge in [-0.2, -0.15) is 0 Å². The van der Waals surface area contributed by atoms with Crippen LogP contribution in [0, 0.1) is 0 Å². The van der Waals surface area contributed by atoms with Crippen molar-refractivity contribution in [2.45, 2.75) is 31.8 Å². The molecule has 3 heteroatoms. The quantitative estimate of drug-likeness (QED) is 0.776. The van der Waals surface area contributed by atoms with Gasteiger partial charge in [-0.3, -0.25) is 4.90 Å². The molecule has 3 nitrogen and oxygen atoms in total. The van der Waals surface area contributed by atoms with E-state index in [0.29, 0.717) is 12.6 Å². The Morgan fingerprint density at radius 2 is 2.43 bits per heavy atom. The van der Waals surface area contributed by atoms with Crippen LogP contribution in [0.1, 0.15) is 31.4 Å². The van der Waals surface area contributed by atoms with Gasteiger partial charge in [-0.1, -0.05) is 6.92 Å². The van der Waals surface area contributed by atoms with Crippen LogP contribution in [0.2, 0.25) is 0 Å². The van der Waals surface area contributed by atoms with Gasteiger partial charge < -0.3 is 10.2 Å². The fourth-order valence-electron chi connectivity index (χ4n) is 2.07. The number of nitrogens with two attached hydrogens (primary N) is 1. The second-order valence-electron chi connectivity index (χ2n) is 3.87. The molecule has 0 amide bonds. The van der Waals surface area contributed by atoms with E-state index in [1.807, 2.05) is 12.3 Å². The lowest BCUT2D eigenvalue weighted by molar-refractivity contribution is 0.201. The van der Waals surface area contributed by atoms with Crippen LogP contribution in [0.15, 0.2) is 23.0 Å². The molecule has 1 heterocycles. The first kappa shape index (κ1) is 9.74. The van der Waals surface area contributed by atoms with Crippen molar-refractivity contribution in [3.05, 3.63) is 24.2 Å². The SMILES string of the molecule is CCN(C1CC1)C(CN)c1ccoc1. The van der Waals surface area contributed by atoms with Gasteiger partial charge in [-0.05, 0) is 25.5 Å². The minimum atomic E-state index is 0.339. The van der Waals surface area contributed by atoms with Gasteiger partial charge in [0.15, 0.2) is 0 Å².